The Balaban J connectivity index is 2.56. The molecule has 66 heavy (non-hydrogen) atoms. The lowest BCUT2D eigenvalue weighted by molar-refractivity contribution is -0.435. The Morgan fingerprint density at radius 3 is 0.864 bits per heavy atom. The minimum absolute atomic E-state index is 0.124. The Bertz CT molecular complexity index is 2030. The molecule has 0 atom stereocenters. The van der Waals surface area contributed by atoms with Crippen molar-refractivity contribution in [3.63, 3.8) is 0 Å². The molecule has 0 bridgehead atoms. The summed E-state index contributed by atoms with van der Waals surface area (Å²) in [5, 5.41) is 0. The molecule has 0 spiro atoms. The first-order chi connectivity index (χ1) is 29.1. The second kappa shape index (κ2) is 17.9. The number of rotatable bonds is 20. The average Bonchev–Trinajstić information content (AvgIpc) is 3.81. The van der Waals surface area contributed by atoms with Gasteiger partial charge >= 0.3 is 86.5 Å². The molecule has 2 heterocycles. The van der Waals surface area contributed by atoms with E-state index < -0.39 is 141 Å². The van der Waals surface area contributed by atoms with Crippen molar-refractivity contribution in [1.82, 2.24) is 0 Å². The number of thiophene rings is 2. The van der Waals surface area contributed by atoms with Gasteiger partial charge in [0.1, 0.15) is 11.5 Å². The lowest BCUT2D eigenvalue weighted by atomic mass is 9.92. The Hall–Kier alpha value is -4.41. The van der Waals surface area contributed by atoms with Gasteiger partial charge in [-0.3, -0.25) is 9.59 Å². The number of carbonyl (C=O) groups excluding carboxylic acids is 2. The first-order valence-corrected chi connectivity index (χ1v) is 16.9. The second-order valence-electron chi connectivity index (χ2n) is 12.0. The van der Waals surface area contributed by atoms with Crippen molar-refractivity contribution in [3.05, 3.63) is 55.9 Å². The Kier molecular flexibility index (Phi) is 15.7. The van der Waals surface area contributed by atoms with Crippen molar-refractivity contribution in [1.29, 1.82) is 0 Å². The van der Waals surface area contributed by atoms with Gasteiger partial charge < -0.3 is 9.31 Å². The predicted octanol–water partition coefficient (Wildman–Crippen LogP) is 13.2. The number of alkyl halides is 26. The van der Waals surface area contributed by atoms with Crippen LogP contribution in [0.25, 0.3) is 23.7 Å². The first-order valence-electron chi connectivity index (χ1n) is 15.3. The molecule has 2 aromatic rings. The maximum atomic E-state index is 14.3. The van der Waals surface area contributed by atoms with E-state index in [-0.39, 0.29) is 22.7 Å². The monoisotopic (exact) mass is 1060 g/mol. The first kappa shape index (κ1) is 57.7. The molecule has 0 amide bonds. The highest BCUT2D eigenvalue weighted by atomic mass is 32.1. The van der Waals surface area contributed by atoms with Crippen LogP contribution in [0.1, 0.15) is 19.5 Å². The van der Waals surface area contributed by atoms with Crippen LogP contribution in [0.3, 0.4) is 0 Å². The summed E-state index contributed by atoms with van der Waals surface area (Å²) in [6.07, 6.45) is -16.9. The summed E-state index contributed by atoms with van der Waals surface area (Å²) in [5.74, 6) is -93.7. The Labute approximate surface area is 350 Å². The highest BCUT2D eigenvalue weighted by Crippen LogP contribution is 2.62. The quantitative estimate of drug-likeness (QED) is 0.0574. The fourth-order valence-corrected chi connectivity index (χ4v) is 5.84. The van der Waals surface area contributed by atoms with E-state index in [0.29, 0.717) is 36.4 Å². The van der Waals surface area contributed by atoms with Crippen LogP contribution in [0, 0.1) is 0 Å². The normalized spacial score (nSPS) is 15.4. The van der Waals surface area contributed by atoms with Gasteiger partial charge in [0.25, 0.3) is 0 Å². The second-order valence-corrected chi connectivity index (χ2v) is 14.2. The van der Waals surface area contributed by atoms with Crippen molar-refractivity contribution < 1.29 is 150 Å². The van der Waals surface area contributed by atoms with Crippen LogP contribution in [-0.2, 0) is 18.9 Å². The molecule has 0 aliphatic heterocycles. The maximum absolute atomic E-state index is 14.3. The van der Waals surface area contributed by atoms with Crippen molar-refractivity contribution in [2.45, 2.75) is 71.6 Å². The van der Waals surface area contributed by atoms with E-state index in [0.717, 1.165) is 0 Å². The third-order valence-corrected chi connectivity index (χ3v) is 9.72. The van der Waals surface area contributed by atoms with E-state index in [9.17, 15) is 141 Å². The summed E-state index contributed by atoms with van der Waals surface area (Å²) in [5.41, 5.74) is 0. The van der Waals surface area contributed by atoms with Gasteiger partial charge in [0, 0.05) is 21.9 Å². The summed E-state index contributed by atoms with van der Waals surface area (Å²) < 4.78 is 409. The van der Waals surface area contributed by atoms with E-state index in [1.165, 1.54) is 0 Å². The van der Waals surface area contributed by atoms with Gasteiger partial charge in [-0.05, 0) is 36.4 Å². The van der Waals surface area contributed by atoms with Crippen LogP contribution >= 0.6 is 22.7 Å². The Morgan fingerprint density at radius 1 is 0.394 bits per heavy atom. The van der Waals surface area contributed by atoms with Gasteiger partial charge in [0.2, 0.25) is 11.6 Å². The molecule has 0 unspecified atom stereocenters. The van der Waals surface area contributed by atoms with E-state index >= 15 is 0 Å². The molecule has 0 aliphatic carbocycles. The SMILES string of the molecule is O=C(/C=C(\OB(F)F)c1ccc(/C=C/c2ccc(/C(=C/C(=O)C(F)(F)C(F)(F)C(F)(F)C(F)(F)C(F)(F)C(F)(F)F)OB(F)F)s2)s1)C(F)(F)C(F)(F)C(F)(F)C(F)(F)C(F)(F)C(F)(F)F. The van der Waals surface area contributed by atoms with Gasteiger partial charge in [-0.2, -0.15) is 114 Å². The van der Waals surface area contributed by atoms with Gasteiger partial charge in [-0.1, -0.05) is 0 Å². The molecule has 2 rings (SSSR count). The van der Waals surface area contributed by atoms with Gasteiger partial charge in [-0.25, -0.2) is 17.3 Å². The molecule has 0 N–H and O–H groups in total. The summed E-state index contributed by atoms with van der Waals surface area (Å²) in [7, 11) is -8.63. The van der Waals surface area contributed by atoms with Gasteiger partial charge in [0.15, 0.2) is 0 Å². The number of halogens is 30. The fourth-order valence-electron chi connectivity index (χ4n) is 4.10. The molecule has 0 aliphatic rings. The van der Waals surface area contributed by atoms with Crippen LogP contribution in [0.5, 0.6) is 0 Å². The zero-order valence-corrected chi connectivity index (χ0v) is 31.2. The highest BCUT2D eigenvalue weighted by Gasteiger charge is 2.93. The summed E-state index contributed by atoms with van der Waals surface area (Å²) in [6.45, 7) is 0. The third-order valence-electron chi connectivity index (χ3n) is 7.59. The molecule has 0 saturated carbocycles. The van der Waals surface area contributed by atoms with Crippen LogP contribution in [-0.4, -0.2) is 98.1 Å². The molecular weight excluding hydrogens is 1060 g/mol. The number of hydrogen-bond acceptors (Lipinski definition) is 6. The number of hydrogen-bond donors (Lipinski definition) is 0. The van der Waals surface area contributed by atoms with E-state index in [4.69, 9.17) is 0 Å². The zero-order valence-electron chi connectivity index (χ0n) is 29.6. The van der Waals surface area contributed by atoms with Crippen LogP contribution in [0.2, 0.25) is 0 Å². The fraction of sp³-hybridized carbons (Fsp3) is 0.429. The molecule has 372 valence electrons. The summed E-state index contributed by atoms with van der Waals surface area (Å²) in [6, 6.07) is 2.01. The summed E-state index contributed by atoms with van der Waals surface area (Å²) >= 11 is -0.249. The van der Waals surface area contributed by atoms with Gasteiger partial charge in [0.05, 0.1) is 9.75 Å². The lowest BCUT2D eigenvalue weighted by Gasteiger charge is -2.39. The molecule has 0 fully saturated rings. The van der Waals surface area contributed by atoms with Crippen molar-refractivity contribution >= 4 is 72.8 Å². The minimum atomic E-state index is -8.47. The molecule has 0 aromatic carbocycles. The number of carbonyl (C=O) groups is 2. The van der Waals surface area contributed by atoms with Gasteiger partial charge in [-0.15, -0.1) is 22.7 Å². The zero-order chi connectivity index (χ0) is 52.3. The largest absolute Gasteiger partial charge is 0.796 e. The topological polar surface area (TPSA) is 52.6 Å². The molecular formula is C28H8B2F30O4S2. The molecule has 4 nitrogen and oxygen atoms in total. The average molecular weight is 1060 g/mol. The van der Waals surface area contributed by atoms with E-state index in [1.807, 2.05) is 0 Å². The van der Waals surface area contributed by atoms with Crippen molar-refractivity contribution in [2.24, 2.45) is 0 Å². The van der Waals surface area contributed by atoms with Crippen LogP contribution < -0.4 is 0 Å². The van der Waals surface area contributed by atoms with Crippen molar-refractivity contribution in [2.75, 3.05) is 0 Å². The predicted molar refractivity (Wildman–Crippen MR) is 163 cm³/mol. The standard InChI is InChI=1S/C28H8B2F30O4S2/c31-17(32,19(35,36)21(39,40)23(43,44)25(47,48)27(51,52)53)15(61)7-11(63-29(57)58)13-5-3-9(65-13)1-2-10-4-6-14(66-10)12(64-30(59)60)8-16(62)18(33,34)20(37,38)22(41,42)24(45,46)26(49,50)28(54,55)56/h1-8H/b2-1+,11-7-,12-8-. The summed E-state index contributed by atoms with van der Waals surface area (Å²) in [4.78, 5) is 20.6. The number of allylic oxidation sites excluding steroid dienone is 2. The highest BCUT2D eigenvalue weighted by molar-refractivity contribution is 7.15. The van der Waals surface area contributed by atoms with Crippen LogP contribution in [0.4, 0.5) is 131 Å². The third kappa shape index (κ3) is 9.78. The maximum Gasteiger partial charge on any atom is 0.796 e. The van der Waals surface area contributed by atoms with E-state index in [1.54, 1.807) is 0 Å². The minimum Gasteiger partial charge on any atom is -0.504 e. The van der Waals surface area contributed by atoms with Crippen LogP contribution in [0.15, 0.2) is 36.4 Å². The molecule has 0 saturated heterocycles. The lowest BCUT2D eigenvalue weighted by Crippen LogP contribution is -2.71. The van der Waals surface area contributed by atoms with Crippen molar-refractivity contribution in [3.8, 4) is 0 Å². The Morgan fingerprint density at radius 2 is 0.636 bits per heavy atom. The smallest absolute Gasteiger partial charge is 0.504 e. The molecule has 2 aromatic heterocycles. The molecule has 0 radical (unpaired) electrons. The molecule has 38 heteroatoms. The van der Waals surface area contributed by atoms with E-state index in [2.05, 4.69) is 9.31 Å². The number of ketones is 2.